The van der Waals surface area contributed by atoms with E-state index in [0.29, 0.717) is 19.4 Å². The van der Waals surface area contributed by atoms with Crippen LogP contribution in [-0.2, 0) is 19.1 Å². The molecule has 0 aromatic rings. The number of nitrogens with zero attached hydrogens (tertiary/aromatic N) is 1. The molecule has 2 aliphatic rings. The van der Waals surface area contributed by atoms with Crippen LogP contribution >= 0.6 is 0 Å². The highest BCUT2D eigenvalue weighted by atomic mass is 16.5. The summed E-state index contributed by atoms with van der Waals surface area (Å²) in [5.41, 5.74) is 0. The molecule has 1 saturated heterocycles. The van der Waals surface area contributed by atoms with Gasteiger partial charge in [-0.3, -0.25) is 14.9 Å². The molecule has 5 atom stereocenters. The van der Waals surface area contributed by atoms with E-state index in [1.165, 1.54) is 0 Å². The summed E-state index contributed by atoms with van der Waals surface area (Å²) in [6.45, 7) is 5.70. The summed E-state index contributed by atoms with van der Waals surface area (Å²) < 4.78 is 5.07. The number of likely N-dealkylation sites (tertiary alicyclic amines) is 1. The highest BCUT2D eigenvalue weighted by Gasteiger charge is 2.49. The number of ether oxygens (including phenoxy) is 1. The topological polar surface area (TPSA) is 95.9 Å². The molecule has 2 fully saturated rings. The first-order valence-electron chi connectivity index (χ1n) is 9.38. The average Bonchev–Trinajstić information content (AvgIpc) is 3.14. The highest BCUT2D eigenvalue weighted by Crippen LogP contribution is 2.41. The minimum Gasteiger partial charge on any atom is -0.480 e. The van der Waals surface area contributed by atoms with E-state index in [1.54, 1.807) is 18.7 Å². The van der Waals surface area contributed by atoms with Gasteiger partial charge in [0.1, 0.15) is 12.1 Å². The number of aliphatic carboxylic acids is 1. The van der Waals surface area contributed by atoms with Crippen molar-refractivity contribution in [1.82, 2.24) is 10.2 Å². The Morgan fingerprint density at radius 2 is 2.00 bits per heavy atom. The van der Waals surface area contributed by atoms with E-state index in [0.717, 1.165) is 25.7 Å². The Morgan fingerprint density at radius 3 is 2.60 bits per heavy atom. The Labute approximate surface area is 149 Å². The van der Waals surface area contributed by atoms with Crippen molar-refractivity contribution in [2.24, 2.45) is 5.92 Å². The van der Waals surface area contributed by atoms with Gasteiger partial charge in [0.2, 0.25) is 5.91 Å². The molecule has 2 N–H and O–H groups in total. The predicted octanol–water partition coefficient (Wildman–Crippen LogP) is 1.55. The Kier molecular flexibility index (Phi) is 6.81. The van der Waals surface area contributed by atoms with Crippen LogP contribution in [0.4, 0.5) is 0 Å². The maximum Gasteiger partial charge on any atom is 0.326 e. The van der Waals surface area contributed by atoms with E-state index in [-0.39, 0.29) is 23.8 Å². The lowest BCUT2D eigenvalue weighted by atomic mass is 10.0. The van der Waals surface area contributed by atoms with Gasteiger partial charge in [-0.15, -0.1) is 0 Å². The zero-order valence-electron chi connectivity index (χ0n) is 15.4. The minimum atomic E-state index is -0.939. The summed E-state index contributed by atoms with van der Waals surface area (Å²) in [5.74, 6) is -1.25. The number of hydrogen-bond acceptors (Lipinski definition) is 5. The zero-order valence-corrected chi connectivity index (χ0v) is 15.4. The quantitative estimate of drug-likeness (QED) is 0.642. The highest BCUT2D eigenvalue weighted by molar-refractivity contribution is 5.88. The molecule has 1 heterocycles. The molecule has 0 aromatic carbocycles. The number of fused-ring (bicyclic) bond motifs is 1. The monoisotopic (exact) mass is 354 g/mol. The summed E-state index contributed by atoms with van der Waals surface area (Å²) in [6.07, 6.45) is 4.78. The van der Waals surface area contributed by atoms with Crippen LogP contribution in [0.1, 0.15) is 59.3 Å². The lowest BCUT2D eigenvalue weighted by Gasteiger charge is -2.31. The van der Waals surface area contributed by atoms with Gasteiger partial charge in [0.15, 0.2) is 0 Å². The fourth-order valence-corrected chi connectivity index (χ4v) is 4.22. The summed E-state index contributed by atoms with van der Waals surface area (Å²) in [5, 5.41) is 12.6. The van der Waals surface area contributed by atoms with Gasteiger partial charge < -0.3 is 14.7 Å². The van der Waals surface area contributed by atoms with Gasteiger partial charge in [-0.2, -0.15) is 0 Å². The van der Waals surface area contributed by atoms with Crippen molar-refractivity contribution in [3.05, 3.63) is 0 Å². The molecule has 7 nitrogen and oxygen atoms in total. The molecule has 0 spiro atoms. The second-order valence-corrected chi connectivity index (χ2v) is 7.08. The van der Waals surface area contributed by atoms with Crippen molar-refractivity contribution in [3.63, 3.8) is 0 Å². The van der Waals surface area contributed by atoms with Gasteiger partial charge >= 0.3 is 11.9 Å². The number of carboxylic acid groups (broad SMARTS) is 1. The van der Waals surface area contributed by atoms with Crippen LogP contribution in [0.25, 0.3) is 0 Å². The molecule has 142 valence electrons. The van der Waals surface area contributed by atoms with Gasteiger partial charge in [0, 0.05) is 6.04 Å². The second kappa shape index (κ2) is 8.65. The molecule has 1 unspecified atom stereocenters. The largest absolute Gasteiger partial charge is 0.480 e. The molecule has 0 radical (unpaired) electrons. The van der Waals surface area contributed by atoms with Crippen LogP contribution in [0, 0.1) is 5.92 Å². The third-order valence-corrected chi connectivity index (χ3v) is 5.35. The average molecular weight is 354 g/mol. The van der Waals surface area contributed by atoms with Gasteiger partial charge in [-0.1, -0.05) is 19.8 Å². The van der Waals surface area contributed by atoms with E-state index in [9.17, 15) is 19.5 Å². The predicted molar refractivity (Wildman–Crippen MR) is 91.9 cm³/mol. The minimum absolute atomic E-state index is 0.0186. The number of nitrogens with one attached hydrogen (secondary N) is 1. The number of carbonyl (C=O) groups excluding carboxylic acids is 2. The zero-order chi connectivity index (χ0) is 18.6. The summed E-state index contributed by atoms with van der Waals surface area (Å²) in [4.78, 5) is 38.2. The normalized spacial score (nSPS) is 27.6. The summed E-state index contributed by atoms with van der Waals surface area (Å²) >= 11 is 0. The molecule has 0 aromatic heterocycles. The van der Waals surface area contributed by atoms with E-state index in [1.807, 2.05) is 6.92 Å². The third kappa shape index (κ3) is 4.32. The maximum absolute atomic E-state index is 13.0. The lowest BCUT2D eigenvalue weighted by molar-refractivity contribution is -0.151. The Balaban J connectivity index is 2.08. The molecule has 2 rings (SSSR count). The fraction of sp³-hybridized carbons (Fsp3) is 0.833. The van der Waals surface area contributed by atoms with Crippen molar-refractivity contribution in [3.8, 4) is 0 Å². The number of amides is 1. The van der Waals surface area contributed by atoms with Crippen molar-refractivity contribution in [2.45, 2.75) is 83.5 Å². The first-order valence-corrected chi connectivity index (χ1v) is 9.38. The number of hydrogen-bond donors (Lipinski definition) is 2. The number of esters is 1. The van der Waals surface area contributed by atoms with Crippen LogP contribution in [0.15, 0.2) is 0 Å². The molecular weight excluding hydrogens is 324 g/mol. The van der Waals surface area contributed by atoms with Crippen LogP contribution < -0.4 is 5.32 Å². The lowest BCUT2D eigenvalue weighted by Crippen LogP contribution is -2.55. The second-order valence-electron chi connectivity index (χ2n) is 7.08. The SMILES string of the molecule is CCC[C@H](N[C@@H](C)C(=O)N1C(C(=O)O)C[C@H]2CCC[C@H]21)C(=O)OCC. The van der Waals surface area contributed by atoms with Crippen molar-refractivity contribution < 1.29 is 24.2 Å². The van der Waals surface area contributed by atoms with Gasteiger partial charge in [0.05, 0.1) is 12.6 Å². The van der Waals surface area contributed by atoms with E-state index in [4.69, 9.17) is 4.74 Å². The Bertz CT molecular complexity index is 510. The van der Waals surface area contributed by atoms with Crippen LogP contribution in [-0.4, -0.2) is 58.6 Å². The first kappa shape index (κ1) is 19.7. The molecule has 7 heteroatoms. The molecule has 1 aliphatic heterocycles. The molecule has 1 aliphatic carbocycles. The number of carbonyl (C=O) groups is 3. The molecule has 0 bridgehead atoms. The van der Waals surface area contributed by atoms with E-state index >= 15 is 0 Å². The smallest absolute Gasteiger partial charge is 0.326 e. The van der Waals surface area contributed by atoms with E-state index < -0.39 is 24.1 Å². The van der Waals surface area contributed by atoms with Crippen LogP contribution in [0.5, 0.6) is 0 Å². The molecular formula is C18H30N2O5. The van der Waals surface area contributed by atoms with Gasteiger partial charge in [-0.05, 0) is 45.4 Å². The van der Waals surface area contributed by atoms with Gasteiger partial charge in [-0.25, -0.2) is 4.79 Å². The first-order chi connectivity index (χ1) is 11.9. The standard InChI is InChI=1S/C18H30N2O5/c1-4-7-13(18(24)25-5-2)19-11(3)16(21)20-14-9-6-8-12(14)10-15(20)17(22)23/h11-15,19H,4-10H2,1-3H3,(H,22,23)/t11-,12+,13-,14+,15?/m0/s1. The third-order valence-electron chi connectivity index (χ3n) is 5.35. The summed E-state index contributed by atoms with van der Waals surface area (Å²) in [6, 6.07) is -1.90. The molecule has 25 heavy (non-hydrogen) atoms. The maximum atomic E-state index is 13.0. The van der Waals surface area contributed by atoms with Crippen molar-refractivity contribution in [1.29, 1.82) is 0 Å². The molecule has 1 amide bonds. The van der Waals surface area contributed by atoms with Gasteiger partial charge in [0.25, 0.3) is 0 Å². The van der Waals surface area contributed by atoms with E-state index in [2.05, 4.69) is 5.32 Å². The van der Waals surface area contributed by atoms with Crippen molar-refractivity contribution >= 4 is 17.8 Å². The Morgan fingerprint density at radius 1 is 1.28 bits per heavy atom. The van der Waals surface area contributed by atoms with Crippen molar-refractivity contribution in [2.75, 3.05) is 6.61 Å². The summed E-state index contributed by atoms with van der Waals surface area (Å²) in [7, 11) is 0. The fourth-order valence-electron chi connectivity index (χ4n) is 4.22. The number of rotatable bonds is 8. The molecule has 1 saturated carbocycles. The number of carboxylic acids is 1. The van der Waals surface area contributed by atoms with Crippen LogP contribution in [0.3, 0.4) is 0 Å². The Hall–Kier alpha value is -1.63. The van der Waals surface area contributed by atoms with Crippen LogP contribution in [0.2, 0.25) is 0 Å².